The minimum absolute atomic E-state index is 0.320. The van der Waals surface area contributed by atoms with Gasteiger partial charge < -0.3 is 14.4 Å². The summed E-state index contributed by atoms with van der Waals surface area (Å²) in [5, 5.41) is 0. The maximum atomic E-state index is 11.3. The quantitative estimate of drug-likeness (QED) is 0.821. The van der Waals surface area contributed by atoms with Gasteiger partial charge in [0.2, 0.25) is 0 Å². The number of rotatable bonds is 5. The lowest BCUT2D eigenvalue weighted by Crippen LogP contribution is -2.28. The first-order valence-electron chi connectivity index (χ1n) is 6.45. The lowest BCUT2D eigenvalue weighted by atomic mass is 9.99. The van der Waals surface area contributed by atoms with E-state index in [1.807, 2.05) is 6.07 Å². The second-order valence-corrected chi connectivity index (χ2v) is 4.87. The lowest BCUT2D eigenvalue weighted by molar-refractivity contribution is 0.134. The third kappa shape index (κ3) is 4.16. The number of likely N-dealkylation sites (N-methyl/N-ethyl adjacent to an activating group) is 1. The predicted molar refractivity (Wildman–Crippen MR) is 75.8 cm³/mol. The third-order valence-corrected chi connectivity index (χ3v) is 3.17. The molecule has 1 amide bonds. The zero-order chi connectivity index (χ0) is 14.4. The molecule has 0 aliphatic rings. The van der Waals surface area contributed by atoms with Gasteiger partial charge in [-0.05, 0) is 29.5 Å². The van der Waals surface area contributed by atoms with Gasteiger partial charge in [0.25, 0.3) is 0 Å². The highest BCUT2D eigenvalue weighted by atomic mass is 16.5. The molecule has 1 rings (SSSR count). The van der Waals surface area contributed by atoms with Gasteiger partial charge in [0, 0.05) is 13.6 Å². The van der Waals surface area contributed by atoms with Crippen molar-refractivity contribution in [3.8, 4) is 5.75 Å². The van der Waals surface area contributed by atoms with Gasteiger partial charge in [0.1, 0.15) is 5.75 Å². The van der Waals surface area contributed by atoms with Gasteiger partial charge in [-0.2, -0.15) is 0 Å². The van der Waals surface area contributed by atoms with Crippen LogP contribution in [0.4, 0.5) is 4.79 Å². The van der Waals surface area contributed by atoms with E-state index in [1.165, 1.54) is 12.7 Å². The van der Waals surface area contributed by atoms with Gasteiger partial charge in [-0.1, -0.05) is 26.0 Å². The molecule has 1 aromatic rings. The molecule has 0 saturated heterocycles. The zero-order valence-corrected chi connectivity index (χ0v) is 12.4. The average Bonchev–Trinajstić information content (AvgIpc) is 2.43. The van der Waals surface area contributed by atoms with Gasteiger partial charge in [-0.3, -0.25) is 0 Å². The number of hydrogen-bond donors (Lipinski definition) is 0. The maximum Gasteiger partial charge on any atom is 0.409 e. The van der Waals surface area contributed by atoms with Crippen LogP contribution in [0, 0.1) is 0 Å². The fourth-order valence-corrected chi connectivity index (χ4v) is 1.89. The Morgan fingerprint density at radius 2 is 2.00 bits per heavy atom. The second kappa shape index (κ2) is 7.02. The van der Waals surface area contributed by atoms with E-state index >= 15 is 0 Å². The Kier molecular flexibility index (Phi) is 5.67. The molecular formula is C15H23NO3. The van der Waals surface area contributed by atoms with Crippen LogP contribution in [0.5, 0.6) is 5.75 Å². The van der Waals surface area contributed by atoms with Crippen molar-refractivity contribution < 1.29 is 14.3 Å². The van der Waals surface area contributed by atoms with E-state index in [4.69, 9.17) is 4.74 Å². The maximum absolute atomic E-state index is 11.3. The Bertz CT molecular complexity index is 429. The van der Waals surface area contributed by atoms with Crippen LogP contribution in [0.25, 0.3) is 0 Å². The Morgan fingerprint density at radius 1 is 1.32 bits per heavy atom. The smallest absolute Gasteiger partial charge is 0.409 e. The van der Waals surface area contributed by atoms with E-state index in [-0.39, 0.29) is 6.09 Å². The monoisotopic (exact) mass is 265 g/mol. The van der Waals surface area contributed by atoms with Crippen molar-refractivity contribution >= 4 is 6.09 Å². The molecular weight excluding hydrogens is 242 g/mol. The molecule has 4 heteroatoms. The van der Waals surface area contributed by atoms with Crippen molar-refractivity contribution in [1.29, 1.82) is 0 Å². The van der Waals surface area contributed by atoms with Crippen LogP contribution < -0.4 is 4.74 Å². The van der Waals surface area contributed by atoms with Crippen LogP contribution >= 0.6 is 0 Å². The number of carbonyl (C=O) groups is 1. The van der Waals surface area contributed by atoms with Gasteiger partial charge in [-0.15, -0.1) is 0 Å². The number of amides is 1. The summed E-state index contributed by atoms with van der Waals surface area (Å²) < 4.78 is 10.0. The van der Waals surface area contributed by atoms with Crippen LogP contribution in [0.2, 0.25) is 0 Å². The second-order valence-electron chi connectivity index (χ2n) is 4.87. The van der Waals surface area contributed by atoms with E-state index in [0.29, 0.717) is 12.5 Å². The van der Waals surface area contributed by atoms with Crippen molar-refractivity contribution in [2.75, 3.05) is 27.8 Å². The molecule has 0 radical (unpaired) electrons. The standard InChI is InChI=1S/C15H23NO3/c1-11(2)12-6-7-14(18-4)13(10-12)8-9-16(3)15(17)19-5/h6-7,10-11H,8-9H2,1-5H3. The summed E-state index contributed by atoms with van der Waals surface area (Å²) >= 11 is 0. The van der Waals surface area contributed by atoms with E-state index in [0.717, 1.165) is 17.7 Å². The molecule has 0 aromatic heterocycles. The first kappa shape index (κ1) is 15.3. The van der Waals surface area contributed by atoms with Crippen molar-refractivity contribution in [2.45, 2.75) is 26.2 Å². The van der Waals surface area contributed by atoms with Crippen LogP contribution in [-0.4, -0.2) is 38.8 Å². The molecule has 1 aromatic carbocycles. The normalized spacial score (nSPS) is 10.4. The van der Waals surface area contributed by atoms with Crippen LogP contribution in [0.3, 0.4) is 0 Å². The van der Waals surface area contributed by atoms with E-state index in [2.05, 4.69) is 30.7 Å². The predicted octanol–water partition coefficient (Wildman–Crippen LogP) is 3.06. The molecule has 0 spiro atoms. The van der Waals surface area contributed by atoms with E-state index in [9.17, 15) is 4.79 Å². The molecule has 0 heterocycles. The highest BCUT2D eigenvalue weighted by molar-refractivity contribution is 5.66. The van der Waals surface area contributed by atoms with Gasteiger partial charge in [0.05, 0.1) is 14.2 Å². The van der Waals surface area contributed by atoms with Crippen molar-refractivity contribution in [3.05, 3.63) is 29.3 Å². The van der Waals surface area contributed by atoms with Crippen LogP contribution in [-0.2, 0) is 11.2 Å². The Labute approximate surface area is 115 Å². The van der Waals surface area contributed by atoms with Crippen molar-refractivity contribution in [1.82, 2.24) is 4.90 Å². The molecule has 4 nitrogen and oxygen atoms in total. The lowest BCUT2D eigenvalue weighted by Gasteiger charge is -2.17. The summed E-state index contributed by atoms with van der Waals surface area (Å²) in [6.07, 6.45) is 0.425. The summed E-state index contributed by atoms with van der Waals surface area (Å²) in [6.45, 7) is 4.92. The SMILES string of the molecule is COC(=O)N(C)CCc1cc(C(C)C)ccc1OC. The number of ether oxygens (including phenoxy) is 2. The van der Waals surface area contributed by atoms with E-state index in [1.54, 1.807) is 19.1 Å². The number of carbonyl (C=O) groups excluding carboxylic acids is 1. The van der Waals surface area contributed by atoms with Gasteiger partial charge in [-0.25, -0.2) is 4.79 Å². The van der Waals surface area contributed by atoms with E-state index < -0.39 is 0 Å². The number of benzene rings is 1. The molecule has 0 aliphatic heterocycles. The third-order valence-electron chi connectivity index (χ3n) is 3.17. The Morgan fingerprint density at radius 3 is 2.53 bits per heavy atom. The number of nitrogens with zero attached hydrogens (tertiary/aromatic N) is 1. The molecule has 0 fully saturated rings. The average molecular weight is 265 g/mol. The van der Waals surface area contributed by atoms with Crippen LogP contribution in [0.15, 0.2) is 18.2 Å². The first-order chi connectivity index (χ1) is 8.99. The zero-order valence-electron chi connectivity index (χ0n) is 12.4. The summed E-state index contributed by atoms with van der Waals surface area (Å²) in [7, 11) is 4.78. The summed E-state index contributed by atoms with van der Waals surface area (Å²) in [6, 6.07) is 6.22. The van der Waals surface area contributed by atoms with Crippen molar-refractivity contribution in [2.24, 2.45) is 0 Å². The molecule has 0 atom stereocenters. The number of hydrogen-bond acceptors (Lipinski definition) is 3. The highest BCUT2D eigenvalue weighted by Crippen LogP contribution is 2.24. The minimum atomic E-state index is -0.320. The molecule has 0 unspecified atom stereocenters. The summed E-state index contributed by atoms with van der Waals surface area (Å²) in [5.41, 5.74) is 2.39. The molecule has 19 heavy (non-hydrogen) atoms. The topological polar surface area (TPSA) is 38.8 Å². The van der Waals surface area contributed by atoms with Gasteiger partial charge in [0.15, 0.2) is 0 Å². The van der Waals surface area contributed by atoms with Crippen LogP contribution in [0.1, 0.15) is 30.9 Å². The summed E-state index contributed by atoms with van der Waals surface area (Å²) in [4.78, 5) is 12.9. The van der Waals surface area contributed by atoms with Crippen molar-refractivity contribution in [3.63, 3.8) is 0 Å². The molecule has 0 saturated carbocycles. The largest absolute Gasteiger partial charge is 0.496 e. The first-order valence-corrected chi connectivity index (χ1v) is 6.45. The Hall–Kier alpha value is -1.71. The molecule has 0 N–H and O–H groups in total. The fourth-order valence-electron chi connectivity index (χ4n) is 1.89. The highest BCUT2D eigenvalue weighted by Gasteiger charge is 2.11. The minimum Gasteiger partial charge on any atom is -0.496 e. The fraction of sp³-hybridized carbons (Fsp3) is 0.533. The Balaban J connectivity index is 2.80. The molecule has 106 valence electrons. The molecule has 0 bridgehead atoms. The number of methoxy groups -OCH3 is 2. The van der Waals surface area contributed by atoms with Gasteiger partial charge >= 0.3 is 6.09 Å². The summed E-state index contributed by atoms with van der Waals surface area (Å²) in [5.74, 6) is 1.34. The molecule has 0 aliphatic carbocycles.